The minimum atomic E-state index is -0.435. The van der Waals surface area contributed by atoms with Gasteiger partial charge in [0.1, 0.15) is 18.0 Å². The van der Waals surface area contributed by atoms with Gasteiger partial charge in [0.2, 0.25) is 0 Å². The number of amides is 1. The van der Waals surface area contributed by atoms with E-state index in [1.54, 1.807) is 6.07 Å². The van der Waals surface area contributed by atoms with Gasteiger partial charge in [0.15, 0.2) is 0 Å². The summed E-state index contributed by atoms with van der Waals surface area (Å²) in [5.74, 6) is 0.971. The molecular formula is C16H23N3O2S. The Morgan fingerprint density at radius 1 is 1.45 bits per heavy atom. The van der Waals surface area contributed by atoms with Crippen LogP contribution in [0.4, 0.5) is 5.69 Å². The van der Waals surface area contributed by atoms with Crippen LogP contribution in [0.15, 0.2) is 12.1 Å². The third kappa shape index (κ3) is 3.87. The van der Waals surface area contributed by atoms with Crippen LogP contribution in [-0.2, 0) is 0 Å². The van der Waals surface area contributed by atoms with Gasteiger partial charge >= 0.3 is 0 Å². The van der Waals surface area contributed by atoms with Gasteiger partial charge in [-0.15, -0.1) is 0 Å². The zero-order chi connectivity index (χ0) is 15.7. The second-order valence-corrected chi connectivity index (χ2v) is 7.22. The van der Waals surface area contributed by atoms with E-state index >= 15 is 0 Å². The van der Waals surface area contributed by atoms with E-state index in [-0.39, 0.29) is 5.54 Å². The average molecular weight is 321 g/mol. The number of primary amides is 1. The Morgan fingerprint density at radius 2 is 2.18 bits per heavy atom. The smallest absolute Gasteiger partial charge is 0.250 e. The first kappa shape index (κ1) is 15.5. The summed E-state index contributed by atoms with van der Waals surface area (Å²) in [4.78, 5) is 11.7. The summed E-state index contributed by atoms with van der Waals surface area (Å²) in [6, 6.07) is 3.67. The number of benzene rings is 1. The molecule has 2 aliphatic carbocycles. The van der Waals surface area contributed by atoms with Crippen molar-refractivity contribution in [1.82, 2.24) is 4.72 Å². The fraction of sp³-hybridized carbons (Fsp3) is 0.562. The van der Waals surface area contributed by atoms with Crippen LogP contribution in [0.5, 0.6) is 5.75 Å². The van der Waals surface area contributed by atoms with Crippen LogP contribution < -0.4 is 20.0 Å². The largest absolute Gasteiger partial charge is 0.409 e. The van der Waals surface area contributed by atoms with E-state index in [4.69, 9.17) is 9.92 Å². The molecule has 2 saturated carbocycles. The normalized spacial score (nSPS) is 18.8. The second-order valence-electron chi connectivity index (χ2n) is 6.68. The highest BCUT2D eigenvalue weighted by atomic mass is 32.2. The Bertz CT molecular complexity index is 583. The van der Waals surface area contributed by atoms with Crippen LogP contribution in [0.2, 0.25) is 0 Å². The molecule has 1 aromatic rings. The number of hydrogen-bond donors (Lipinski definition) is 3. The lowest BCUT2D eigenvalue weighted by Gasteiger charge is -2.15. The summed E-state index contributed by atoms with van der Waals surface area (Å²) in [7, 11) is 0. The molecule has 0 unspecified atom stereocenters. The molecule has 0 aromatic heterocycles. The van der Waals surface area contributed by atoms with Crippen molar-refractivity contribution in [3.63, 3.8) is 0 Å². The Balaban J connectivity index is 1.68. The van der Waals surface area contributed by atoms with Gasteiger partial charge in [-0.05, 0) is 63.1 Å². The standard InChI is InChI=1S/C16H23N3O2S/c1-10-7-13(18-9-11-3-4-11)12(15(17)20)8-14(10)21-22-19-16(2)5-6-16/h7-8,11,18-19H,3-6,9H2,1-2H3,(H2,17,20). The SMILES string of the molecule is Cc1cc(NCC2CC2)c(C(N)=O)cc1OSNC1(C)CC1. The zero-order valence-corrected chi connectivity index (χ0v) is 13.9. The van der Waals surface area contributed by atoms with Crippen LogP contribution in [0.3, 0.4) is 0 Å². The third-order valence-corrected chi connectivity index (χ3v) is 5.12. The fourth-order valence-corrected chi connectivity index (χ4v) is 2.88. The summed E-state index contributed by atoms with van der Waals surface area (Å²) < 4.78 is 8.99. The highest BCUT2D eigenvalue weighted by molar-refractivity contribution is 7.93. The molecule has 0 aliphatic heterocycles. The lowest BCUT2D eigenvalue weighted by atomic mass is 10.1. The van der Waals surface area contributed by atoms with E-state index in [1.807, 2.05) is 13.0 Å². The second kappa shape index (κ2) is 6.01. The maximum Gasteiger partial charge on any atom is 0.250 e. The van der Waals surface area contributed by atoms with Crippen molar-refractivity contribution < 1.29 is 8.98 Å². The molecule has 0 atom stereocenters. The number of carbonyl (C=O) groups is 1. The first-order valence-corrected chi connectivity index (χ1v) is 8.50. The van der Waals surface area contributed by atoms with Crippen molar-refractivity contribution in [3.8, 4) is 5.75 Å². The van der Waals surface area contributed by atoms with Crippen molar-refractivity contribution in [2.75, 3.05) is 11.9 Å². The van der Waals surface area contributed by atoms with Gasteiger partial charge in [-0.25, -0.2) is 4.72 Å². The van der Waals surface area contributed by atoms with E-state index in [9.17, 15) is 4.79 Å². The van der Waals surface area contributed by atoms with Crippen LogP contribution >= 0.6 is 12.2 Å². The van der Waals surface area contributed by atoms with Gasteiger partial charge in [-0.1, -0.05) is 0 Å². The van der Waals surface area contributed by atoms with Gasteiger partial charge in [-0.2, -0.15) is 0 Å². The van der Waals surface area contributed by atoms with E-state index in [0.29, 0.717) is 11.3 Å². The number of rotatable bonds is 8. The van der Waals surface area contributed by atoms with Gasteiger partial charge in [-0.3, -0.25) is 4.79 Å². The molecule has 2 aliphatic rings. The van der Waals surface area contributed by atoms with Crippen molar-refractivity contribution in [2.24, 2.45) is 11.7 Å². The number of nitrogens with two attached hydrogens (primary N) is 1. The first-order chi connectivity index (χ1) is 10.5. The molecule has 22 heavy (non-hydrogen) atoms. The molecule has 5 nitrogen and oxygen atoms in total. The predicted octanol–water partition coefficient (Wildman–Crippen LogP) is 3.00. The van der Waals surface area contributed by atoms with E-state index in [1.165, 1.54) is 37.9 Å². The maximum absolute atomic E-state index is 11.7. The van der Waals surface area contributed by atoms with Crippen molar-refractivity contribution in [1.29, 1.82) is 0 Å². The third-order valence-electron chi connectivity index (χ3n) is 4.28. The molecule has 6 heteroatoms. The molecular weight excluding hydrogens is 298 g/mol. The molecule has 0 saturated heterocycles. The summed E-state index contributed by atoms with van der Waals surface area (Å²) >= 11 is 1.22. The van der Waals surface area contributed by atoms with Gasteiger partial charge in [0.05, 0.1) is 5.56 Å². The molecule has 2 fully saturated rings. The van der Waals surface area contributed by atoms with Crippen molar-refractivity contribution >= 4 is 23.8 Å². The molecule has 120 valence electrons. The Hall–Kier alpha value is -1.40. The molecule has 1 aromatic carbocycles. The van der Waals surface area contributed by atoms with Gasteiger partial charge in [0, 0.05) is 17.8 Å². The molecule has 0 radical (unpaired) electrons. The molecule has 0 spiro atoms. The highest BCUT2D eigenvalue weighted by Crippen LogP contribution is 2.37. The predicted molar refractivity (Wildman–Crippen MR) is 89.9 cm³/mol. The van der Waals surface area contributed by atoms with Crippen LogP contribution in [-0.4, -0.2) is 18.0 Å². The lowest BCUT2D eigenvalue weighted by molar-refractivity contribution is 0.100. The van der Waals surface area contributed by atoms with Crippen molar-refractivity contribution in [2.45, 2.75) is 45.1 Å². The summed E-state index contributed by atoms with van der Waals surface area (Å²) in [5, 5.41) is 3.34. The lowest BCUT2D eigenvalue weighted by Crippen LogP contribution is -2.21. The number of anilines is 1. The van der Waals surface area contributed by atoms with Crippen molar-refractivity contribution in [3.05, 3.63) is 23.3 Å². The zero-order valence-electron chi connectivity index (χ0n) is 13.1. The Morgan fingerprint density at radius 3 is 2.77 bits per heavy atom. The Kier molecular flexibility index (Phi) is 4.23. The monoisotopic (exact) mass is 321 g/mol. The molecule has 1 amide bonds. The number of nitrogens with one attached hydrogen (secondary N) is 2. The Labute approximate surface area is 135 Å². The highest BCUT2D eigenvalue weighted by Gasteiger charge is 2.37. The minimum Gasteiger partial charge on any atom is -0.409 e. The number of carbonyl (C=O) groups excluding carboxylic acids is 1. The number of aryl methyl sites for hydroxylation is 1. The molecule has 0 bridgehead atoms. The van der Waals surface area contributed by atoms with E-state index in [2.05, 4.69) is 17.0 Å². The molecule has 0 heterocycles. The van der Waals surface area contributed by atoms with E-state index in [0.717, 1.165) is 23.7 Å². The summed E-state index contributed by atoms with van der Waals surface area (Å²) in [5.41, 5.74) is 7.97. The van der Waals surface area contributed by atoms with Gasteiger partial charge in [0.25, 0.3) is 5.91 Å². The van der Waals surface area contributed by atoms with Crippen LogP contribution in [0, 0.1) is 12.8 Å². The van der Waals surface area contributed by atoms with E-state index < -0.39 is 5.91 Å². The minimum absolute atomic E-state index is 0.191. The number of hydrogen-bond acceptors (Lipinski definition) is 5. The quantitative estimate of drug-likeness (QED) is 0.507. The average Bonchev–Trinajstić information content (AvgIpc) is 3.36. The summed E-state index contributed by atoms with van der Waals surface area (Å²) in [6.07, 6.45) is 4.86. The van der Waals surface area contributed by atoms with Crippen LogP contribution in [0.1, 0.15) is 48.5 Å². The fourth-order valence-electron chi connectivity index (χ4n) is 2.16. The molecule has 4 N–H and O–H groups in total. The van der Waals surface area contributed by atoms with Crippen LogP contribution in [0.25, 0.3) is 0 Å². The van der Waals surface area contributed by atoms with Gasteiger partial charge < -0.3 is 15.2 Å². The summed E-state index contributed by atoms with van der Waals surface area (Å²) in [6.45, 7) is 5.03. The first-order valence-electron chi connectivity index (χ1n) is 7.76. The molecule has 3 rings (SSSR count). The maximum atomic E-state index is 11.7. The topological polar surface area (TPSA) is 76.4 Å².